The lowest BCUT2D eigenvalue weighted by Gasteiger charge is -2.13. The first-order valence-electron chi connectivity index (χ1n) is 2.95. The summed E-state index contributed by atoms with van der Waals surface area (Å²) >= 11 is 0. The number of likely N-dealkylation sites (N-methyl/N-ethyl adjacent to an activating group) is 1. The maximum absolute atomic E-state index is 10.5. The predicted molar refractivity (Wildman–Crippen MR) is 38.4 cm³/mol. The summed E-state index contributed by atoms with van der Waals surface area (Å²) in [5.74, 6) is -0.420. The highest BCUT2D eigenvalue weighted by Gasteiger charge is 2.05. The van der Waals surface area contributed by atoms with E-state index in [2.05, 4.69) is 5.10 Å². The van der Waals surface area contributed by atoms with Gasteiger partial charge < -0.3 is 5.73 Å². The molecule has 0 radical (unpaired) electrons. The van der Waals surface area contributed by atoms with Crippen LogP contribution in [0.2, 0.25) is 0 Å². The number of hydrogen-bond acceptors (Lipinski definition) is 3. The molecule has 1 aliphatic heterocycles. The minimum absolute atomic E-state index is 0.420. The van der Waals surface area contributed by atoms with Gasteiger partial charge in [-0.25, -0.2) is 0 Å². The lowest BCUT2D eigenvalue weighted by molar-refractivity contribution is -0.114. The zero-order valence-electron chi connectivity index (χ0n) is 5.74. The van der Waals surface area contributed by atoms with Crippen LogP contribution in [0.25, 0.3) is 0 Å². The third kappa shape index (κ3) is 1.34. The predicted octanol–water partition coefficient (Wildman–Crippen LogP) is -0.671. The second kappa shape index (κ2) is 2.51. The quantitative estimate of drug-likeness (QED) is 0.523. The Hall–Kier alpha value is -1.32. The van der Waals surface area contributed by atoms with Crippen LogP contribution in [0.3, 0.4) is 0 Å². The Labute approximate surface area is 59.0 Å². The van der Waals surface area contributed by atoms with E-state index in [-0.39, 0.29) is 0 Å². The van der Waals surface area contributed by atoms with Crippen LogP contribution in [0.15, 0.2) is 16.8 Å². The van der Waals surface area contributed by atoms with Crippen molar-refractivity contribution in [3.05, 3.63) is 11.6 Å². The Bertz CT molecular complexity index is 207. The van der Waals surface area contributed by atoms with E-state index < -0.39 is 5.91 Å². The van der Waals surface area contributed by atoms with Crippen molar-refractivity contribution in [2.75, 3.05) is 13.6 Å². The van der Waals surface area contributed by atoms with E-state index in [1.807, 2.05) is 7.05 Å². The number of rotatable bonds is 1. The summed E-state index contributed by atoms with van der Waals surface area (Å²) < 4.78 is 0. The molecule has 0 aromatic rings. The van der Waals surface area contributed by atoms with Gasteiger partial charge in [0, 0.05) is 7.05 Å². The Kier molecular flexibility index (Phi) is 1.71. The first kappa shape index (κ1) is 6.80. The average molecular weight is 139 g/mol. The van der Waals surface area contributed by atoms with Gasteiger partial charge >= 0.3 is 0 Å². The molecule has 0 aromatic heterocycles. The van der Waals surface area contributed by atoms with E-state index >= 15 is 0 Å². The smallest absolute Gasteiger partial charge is 0.250 e. The number of carbonyl (C=O) groups excluding carboxylic acids is 1. The third-order valence-corrected chi connectivity index (χ3v) is 1.25. The van der Waals surface area contributed by atoms with Crippen LogP contribution in [0.5, 0.6) is 0 Å². The zero-order chi connectivity index (χ0) is 7.56. The van der Waals surface area contributed by atoms with E-state index in [1.54, 1.807) is 11.1 Å². The number of amides is 1. The first-order valence-corrected chi connectivity index (χ1v) is 2.95. The molecular formula is C6H9N3O. The van der Waals surface area contributed by atoms with Crippen molar-refractivity contribution in [1.29, 1.82) is 0 Å². The number of nitrogens with two attached hydrogens (primary N) is 1. The van der Waals surface area contributed by atoms with Gasteiger partial charge in [0.05, 0.1) is 18.3 Å². The lowest BCUT2D eigenvalue weighted by atomic mass is 10.2. The van der Waals surface area contributed by atoms with Crippen molar-refractivity contribution in [3.63, 3.8) is 0 Å². The first-order chi connectivity index (χ1) is 4.70. The molecule has 0 fully saturated rings. The van der Waals surface area contributed by atoms with Gasteiger partial charge in [0.1, 0.15) is 0 Å². The number of hydrogen-bond donors (Lipinski definition) is 1. The molecule has 10 heavy (non-hydrogen) atoms. The highest BCUT2D eigenvalue weighted by Crippen LogP contribution is 1.97. The van der Waals surface area contributed by atoms with Crippen molar-refractivity contribution in [3.8, 4) is 0 Å². The number of nitrogens with zero attached hydrogens (tertiary/aromatic N) is 2. The molecule has 1 rings (SSSR count). The summed E-state index contributed by atoms with van der Waals surface area (Å²) in [6, 6.07) is 0. The number of carbonyl (C=O) groups is 1. The summed E-state index contributed by atoms with van der Waals surface area (Å²) in [6.45, 7) is 0.648. The van der Waals surface area contributed by atoms with E-state index in [4.69, 9.17) is 5.73 Å². The normalized spacial score (nSPS) is 16.9. The minimum Gasteiger partial charge on any atom is -0.366 e. The fourth-order valence-corrected chi connectivity index (χ4v) is 0.655. The van der Waals surface area contributed by atoms with Gasteiger partial charge in [0.2, 0.25) is 5.91 Å². The second-order valence-electron chi connectivity index (χ2n) is 2.11. The monoisotopic (exact) mass is 139 g/mol. The van der Waals surface area contributed by atoms with Gasteiger partial charge in [0.15, 0.2) is 0 Å². The van der Waals surface area contributed by atoms with Crippen LogP contribution in [-0.4, -0.2) is 30.7 Å². The molecule has 54 valence electrons. The molecule has 0 aliphatic carbocycles. The van der Waals surface area contributed by atoms with Crippen molar-refractivity contribution in [2.45, 2.75) is 0 Å². The van der Waals surface area contributed by atoms with Crippen molar-refractivity contribution >= 4 is 12.1 Å². The molecule has 4 heteroatoms. The van der Waals surface area contributed by atoms with Gasteiger partial charge in [0.25, 0.3) is 0 Å². The summed E-state index contributed by atoms with van der Waals surface area (Å²) in [6.07, 6.45) is 3.21. The molecule has 0 unspecified atom stereocenters. The maximum Gasteiger partial charge on any atom is 0.250 e. The van der Waals surface area contributed by atoms with Gasteiger partial charge in [-0.05, 0) is 6.08 Å². The highest BCUT2D eigenvalue weighted by molar-refractivity contribution is 6.11. The Morgan fingerprint density at radius 1 is 1.90 bits per heavy atom. The zero-order valence-corrected chi connectivity index (χ0v) is 5.74. The van der Waals surface area contributed by atoms with Crippen LogP contribution in [0, 0.1) is 0 Å². The highest BCUT2D eigenvalue weighted by atomic mass is 16.1. The number of primary amides is 1. The van der Waals surface area contributed by atoms with Crippen molar-refractivity contribution < 1.29 is 4.79 Å². The minimum atomic E-state index is -0.420. The van der Waals surface area contributed by atoms with E-state index in [0.29, 0.717) is 12.1 Å². The molecule has 1 amide bonds. The Balaban J connectivity index is 2.67. The average Bonchev–Trinajstić information content (AvgIpc) is 1.88. The summed E-state index contributed by atoms with van der Waals surface area (Å²) in [5, 5.41) is 5.59. The molecular weight excluding hydrogens is 130 g/mol. The summed E-state index contributed by atoms with van der Waals surface area (Å²) in [4.78, 5) is 10.5. The van der Waals surface area contributed by atoms with Gasteiger partial charge in [-0.2, -0.15) is 5.10 Å². The molecule has 0 saturated heterocycles. The Morgan fingerprint density at radius 3 is 3.00 bits per heavy atom. The molecule has 0 spiro atoms. The SMILES string of the molecule is CN1CC=C(C(N)=O)C=N1. The summed E-state index contributed by atoms with van der Waals surface area (Å²) in [7, 11) is 1.82. The molecule has 0 aromatic carbocycles. The fourth-order valence-electron chi connectivity index (χ4n) is 0.655. The molecule has 2 N–H and O–H groups in total. The summed E-state index contributed by atoms with van der Waals surface area (Å²) in [5.41, 5.74) is 5.48. The van der Waals surface area contributed by atoms with E-state index in [0.717, 1.165) is 0 Å². The molecule has 4 nitrogen and oxygen atoms in total. The molecule has 0 bridgehead atoms. The third-order valence-electron chi connectivity index (χ3n) is 1.25. The second-order valence-corrected chi connectivity index (χ2v) is 2.11. The lowest BCUT2D eigenvalue weighted by Crippen LogP contribution is -2.22. The molecule has 0 saturated carbocycles. The van der Waals surface area contributed by atoms with Crippen molar-refractivity contribution in [2.24, 2.45) is 10.8 Å². The van der Waals surface area contributed by atoms with Crippen LogP contribution in [0.4, 0.5) is 0 Å². The van der Waals surface area contributed by atoms with E-state index in [9.17, 15) is 4.79 Å². The van der Waals surface area contributed by atoms with Crippen LogP contribution in [0.1, 0.15) is 0 Å². The van der Waals surface area contributed by atoms with Gasteiger partial charge in [-0.15, -0.1) is 0 Å². The van der Waals surface area contributed by atoms with Crippen molar-refractivity contribution in [1.82, 2.24) is 5.01 Å². The van der Waals surface area contributed by atoms with Crippen LogP contribution in [-0.2, 0) is 4.79 Å². The van der Waals surface area contributed by atoms with Gasteiger partial charge in [-0.3, -0.25) is 9.80 Å². The maximum atomic E-state index is 10.5. The van der Waals surface area contributed by atoms with Crippen LogP contribution < -0.4 is 5.73 Å². The Morgan fingerprint density at radius 2 is 2.60 bits per heavy atom. The molecule has 1 heterocycles. The topological polar surface area (TPSA) is 58.7 Å². The van der Waals surface area contributed by atoms with E-state index in [1.165, 1.54) is 6.21 Å². The standard InChI is InChI=1S/C6H9N3O/c1-9-3-2-5(4-8-9)6(7)10/h2,4H,3H2,1H3,(H2,7,10). The van der Waals surface area contributed by atoms with Gasteiger partial charge in [-0.1, -0.05) is 0 Å². The number of hydrazone groups is 1. The fraction of sp³-hybridized carbons (Fsp3) is 0.333. The van der Waals surface area contributed by atoms with Crippen LogP contribution >= 0.6 is 0 Å². The molecule has 0 atom stereocenters. The molecule has 1 aliphatic rings. The largest absolute Gasteiger partial charge is 0.366 e.